The Hall–Kier alpha value is -2.52. The minimum atomic E-state index is -0.335. The molecule has 0 saturated heterocycles. The summed E-state index contributed by atoms with van der Waals surface area (Å²) in [6.45, 7) is 5.90. The molecule has 4 rings (SSSR count). The van der Waals surface area contributed by atoms with E-state index in [1.165, 1.54) is 64.9 Å². The number of carbonyl (C=O) groups is 2. The minimum absolute atomic E-state index is 0.189. The number of rotatable bonds is 18. The standard InChI is InChI=1S/C33H38O4S4/c1-3-33(35)37-23-11-7-5-9-13-26-15-17-28(39-26)30-19-21-32(41-30)31-20-18-29(40-31)27-16-14-25(38-27)12-8-4-6-10-22-36-24(2)34/h3,14-21H,1,4-13,22-23H2,2H3. The summed E-state index contributed by atoms with van der Waals surface area (Å²) < 4.78 is 10.0. The highest BCUT2D eigenvalue weighted by molar-refractivity contribution is 7.28. The van der Waals surface area contributed by atoms with Gasteiger partial charge in [0, 0.05) is 52.0 Å². The summed E-state index contributed by atoms with van der Waals surface area (Å²) in [7, 11) is 0. The van der Waals surface area contributed by atoms with Gasteiger partial charge in [-0.05, 0) is 87.1 Å². The van der Waals surface area contributed by atoms with Crippen LogP contribution in [0.25, 0.3) is 29.3 Å². The van der Waals surface area contributed by atoms with E-state index < -0.39 is 0 Å². The van der Waals surface area contributed by atoms with Gasteiger partial charge in [0.1, 0.15) is 0 Å². The molecule has 8 heteroatoms. The molecule has 0 aliphatic rings. The van der Waals surface area contributed by atoms with Crippen LogP contribution < -0.4 is 0 Å². The third-order valence-corrected chi connectivity index (χ3v) is 11.7. The van der Waals surface area contributed by atoms with Gasteiger partial charge in [0.25, 0.3) is 0 Å². The third kappa shape index (κ3) is 10.4. The maximum absolute atomic E-state index is 11.1. The average Bonchev–Trinajstić information content (AvgIpc) is 3.78. The molecular formula is C33H38O4S4. The topological polar surface area (TPSA) is 52.6 Å². The van der Waals surface area contributed by atoms with Crippen molar-refractivity contribution < 1.29 is 19.1 Å². The second kappa shape index (κ2) is 16.8. The van der Waals surface area contributed by atoms with E-state index in [1.54, 1.807) is 0 Å². The maximum atomic E-state index is 11.1. The number of carbonyl (C=O) groups excluding carboxylic acids is 2. The fraction of sp³-hybridized carbons (Fsp3) is 0.394. The van der Waals surface area contributed by atoms with E-state index in [0.717, 1.165) is 51.4 Å². The van der Waals surface area contributed by atoms with E-state index in [-0.39, 0.29) is 11.9 Å². The van der Waals surface area contributed by atoms with Gasteiger partial charge in [-0.1, -0.05) is 32.3 Å². The molecule has 0 radical (unpaired) electrons. The molecule has 0 unspecified atom stereocenters. The molecule has 0 fully saturated rings. The van der Waals surface area contributed by atoms with E-state index in [1.807, 2.05) is 45.3 Å². The zero-order valence-electron chi connectivity index (χ0n) is 23.7. The van der Waals surface area contributed by atoms with Crippen molar-refractivity contribution in [3.8, 4) is 29.3 Å². The second-order valence-corrected chi connectivity index (χ2v) is 14.4. The Morgan fingerprint density at radius 3 is 1.41 bits per heavy atom. The molecule has 0 aliphatic heterocycles. The molecule has 4 nitrogen and oxygen atoms in total. The van der Waals surface area contributed by atoms with Gasteiger partial charge >= 0.3 is 11.9 Å². The molecule has 0 aliphatic carbocycles. The largest absolute Gasteiger partial charge is 0.466 e. The van der Waals surface area contributed by atoms with Gasteiger partial charge in [-0.15, -0.1) is 45.3 Å². The van der Waals surface area contributed by atoms with Gasteiger partial charge in [0.15, 0.2) is 0 Å². The minimum Gasteiger partial charge on any atom is -0.466 e. The lowest BCUT2D eigenvalue weighted by Crippen LogP contribution is -2.01. The summed E-state index contributed by atoms with van der Waals surface area (Å²) in [5, 5.41) is 0. The summed E-state index contributed by atoms with van der Waals surface area (Å²) in [4.78, 5) is 32.8. The molecule has 0 bridgehead atoms. The number of unbranched alkanes of at least 4 members (excludes halogenated alkanes) is 6. The molecule has 0 amide bonds. The molecule has 218 valence electrons. The molecule has 41 heavy (non-hydrogen) atoms. The SMILES string of the molecule is C=CC(=O)OCCCCCCc1ccc(-c2ccc(-c3ccc(-c4ccc(CCCCCCOC(C)=O)s4)s3)s2)s1. The van der Waals surface area contributed by atoms with Crippen molar-refractivity contribution in [2.24, 2.45) is 0 Å². The Labute approximate surface area is 259 Å². The first-order chi connectivity index (χ1) is 20.0. The molecular weight excluding hydrogens is 589 g/mol. The van der Waals surface area contributed by atoms with Crippen LogP contribution in [0.4, 0.5) is 0 Å². The van der Waals surface area contributed by atoms with Crippen molar-refractivity contribution in [3.05, 3.63) is 70.9 Å². The maximum Gasteiger partial charge on any atom is 0.330 e. The highest BCUT2D eigenvalue weighted by Crippen LogP contribution is 2.43. The van der Waals surface area contributed by atoms with E-state index in [9.17, 15) is 9.59 Å². The number of hydrogen-bond donors (Lipinski definition) is 0. The van der Waals surface area contributed by atoms with Gasteiger partial charge in [0.05, 0.1) is 13.2 Å². The Morgan fingerprint density at radius 1 is 0.585 bits per heavy atom. The first-order valence-electron chi connectivity index (χ1n) is 14.3. The molecule has 0 aromatic carbocycles. The summed E-state index contributed by atoms with van der Waals surface area (Å²) in [6.07, 6.45) is 12.1. The van der Waals surface area contributed by atoms with Crippen LogP contribution in [-0.2, 0) is 31.9 Å². The van der Waals surface area contributed by atoms with Crippen molar-refractivity contribution in [1.29, 1.82) is 0 Å². The van der Waals surface area contributed by atoms with Crippen LogP contribution in [0.2, 0.25) is 0 Å². The summed E-state index contributed by atoms with van der Waals surface area (Å²) in [5.41, 5.74) is 0. The van der Waals surface area contributed by atoms with Gasteiger partial charge in [-0.25, -0.2) is 4.79 Å². The van der Waals surface area contributed by atoms with Crippen molar-refractivity contribution in [1.82, 2.24) is 0 Å². The number of ether oxygens (including phenoxy) is 2. The zero-order valence-corrected chi connectivity index (χ0v) is 26.9. The molecule has 0 saturated carbocycles. The third-order valence-electron chi connectivity index (χ3n) is 6.62. The Balaban J connectivity index is 1.20. The van der Waals surface area contributed by atoms with Crippen LogP contribution in [0.3, 0.4) is 0 Å². The molecule has 0 spiro atoms. The van der Waals surface area contributed by atoms with Gasteiger partial charge < -0.3 is 9.47 Å². The summed E-state index contributed by atoms with van der Waals surface area (Å²) >= 11 is 7.57. The van der Waals surface area contributed by atoms with Gasteiger partial charge in [0.2, 0.25) is 0 Å². The highest BCUT2D eigenvalue weighted by atomic mass is 32.1. The Kier molecular flexibility index (Phi) is 12.9. The molecule has 0 N–H and O–H groups in total. The first kappa shape index (κ1) is 31.4. The van der Waals surface area contributed by atoms with Gasteiger partial charge in [-0.3, -0.25) is 4.79 Å². The zero-order chi connectivity index (χ0) is 28.9. The van der Waals surface area contributed by atoms with Crippen molar-refractivity contribution in [2.75, 3.05) is 13.2 Å². The second-order valence-electron chi connectivity index (χ2n) is 9.90. The predicted molar refractivity (Wildman–Crippen MR) is 176 cm³/mol. The smallest absolute Gasteiger partial charge is 0.330 e. The van der Waals surface area contributed by atoms with Crippen LogP contribution in [0.15, 0.2) is 61.2 Å². The fourth-order valence-electron chi connectivity index (χ4n) is 4.45. The van der Waals surface area contributed by atoms with E-state index >= 15 is 0 Å². The summed E-state index contributed by atoms with van der Waals surface area (Å²) in [5.74, 6) is -0.524. The lowest BCUT2D eigenvalue weighted by atomic mass is 10.1. The normalized spacial score (nSPS) is 11.0. The van der Waals surface area contributed by atoms with Crippen LogP contribution in [0.5, 0.6) is 0 Å². The van der Waals surface area contributed by atoms with Crippen LogP contribution >= 0.6 is 45.3 Å². The van der Waals surface area contributed by atoms with Crippen molar-refractivity contribution in [2.45, 2.75) is 71.1 Å². The van der Waals surface area contributed by atoms with Crippen LogP contribution in [-0.4, -0.2) is 25.2 Å². The number of hydrogen-bond acceptors (Lipinski definition) is 8. The van der Waals surface area contributed by atoms with Crippen molar-refractivity contribution in [3.63, 3.8) is 0 Å². The molecule has 4 aromatic heterocycles. The highest BCUT2D eigenvalue weighted by Gasteiger charge is 2.12. The Morgan fingerprint density at radius 2 is 0.976 bits per heavy atom. The van der Waals surface area contributed by atoms with E-state index in [0.29, 0.717) is 13.2 Å². The first-order valence-corrected chi connectivity index (χ1v) is 17.6. The average molecular weight is 627 g/mol. The molecule has 0 atom stereocenters. The Bertz CT molecular complexity index is 1390. The van der Waals surface area contributed by atoms with Gasteiger partial charge in [-0.2, -0.15) is 0 Å². The molecule has 4 heterocycles. The monoisotopic (exact) mass is 626 g/mol. The number of esters is 2. The van der Waals surface area contributed by atoms with Crippen LogP contribution in [0.1, 0.15) is 68.0 Å². The quantitative estimate of drug-likeness (QED) is 0.0626. The van der Waals surface area contributed by atoms with E-state index in [2.05, 4.69) is 55.1 Å². The fourth-order valence-corrected chi connectivity index (χ4v) is 8.83. The lowest BCUT2D eigenvalue weighted by molar-refractivity contribution is -0.141. The molecule has 4 aromatic rings. The summed E-state index contributed by atoms with van der Waals surface area (Å²) in [6, 6.07) is 18.1. The van der Waals surface area contributed by atoms with Crippen molar-refractivity contribution >= 4 is 57.3 Å². The van der Waals surface area contributed by atoms with Crippen LogP contribution in [0, 0.1) is 0 Å². The van der Waals surface area contributed by atoms with E-state index in [4.69, 9.17) is 9.47 Å². The number of aryl methyl sites for hydroxylation is 2. The number of thiophene rings is 4. The lowest BCUT2D eigenvalue weighted by Gasteiger charge is -2.02. The predicted octanol–water partition coefficient (Wildman–Crippen LogP) is 10.4.